The zero-order chi connectivity index (χ0) is 21.8. The quantitative estimate of drug-likeness (QED) is 0.501. The maximum atomic E-state index is 13.9. The SMILES string of the molecule is Cc1ccc(N2C(=O)N(C(=O)c3cccc(Cl)c3)[C@H]3C[C@]2(C)Oc2ccccc23)cc1. The molecule has 2 aliphatic heterocycles. The Balaban J connectivity index is 1.67. The molecule has 3 aromatic rings. The van der Waals surface area contributed by atoms with Crippen LogP contribution in [0, 0.1) is 6.92 Å². The molecule has 5 nitrogen and oxygen atoms in total. The molecule has 0 aliphatic carbocycles. The largest absolute Gasteiger partial charge is 0.467 e. The van der Waals surface area contributed by atoms with Gasteiger partial charge in [0.15, 0.2) is 5.72 Å². The van der Waals surface area contributed by atoms with Crippen LogP contribution in [-0.2, 0) is 0 Å². The molecule has 2 atom stereocenters. The summed E-state index contributed by atoms with van der Waals surface area (Å²) >= 11 is 6.13. The summed E-state index contributed by atoms with van der Waals surface area (Å²) in [6.45, 7) is 3.89. The van der Waals surface area contributed by atoms with Crippen LogP contribution in [0.15, 0.2) is 72.8 Å². The Kier molecular flexibility index (Phi) is 4.52. The number of halogens is 1. The number of carbonyl (C=O) groups excluding carboxylic acids is 2. The number of hydrogen-bond donors (Lipinski definition) is 0. The van der Waals surface area contributed by atoms with Gasteiger partial charge < -0.3 is 4.74 Å². The number of benzene rings is 3. The second kappa shape index (κ2) is 7.13. The van der Waals surface area contributed by atoms with Crippen molar-refractivity contribution in [1.82, 2.24) is 4.90 Å². The van der Waals surface area contributed by atoms with E-state index in [4.69, 9.17) is 16.3 Å². The minimum Gasteiger partial charge on any atom is -0.467 e. The zero-order valence-corrected chi connectivity index (χ0v) is 18.0. The number of urea groups is 1. The molecule has 2 aliphatic rings. The molecule has 2 bridgehead atoms. The Labute approximate surface area is 185 Å². The Hall–Kier alpha value is -3.31. The van der Waals surface area contributed by atoms with E-state index in [1.165, 1.54) is 4.90 Å². The maximum Gasteiger partial charge on any atom is 0.335 e. The van der Waals surface area contributed by atoms with E-state index in [0.29, 0.717) is 28.4 Å². The number of amides is 3. The van der Waals surface area contributed by atoms with Crippen LogP contribution in [0.25, 0.3) is 0 Å². The van der Waals surface area contributed by atoms with Crippen molar-refractivity contribution in [1.29, 1.82) is 0 Å². The van der Waals surface area contributed by atoms with Crippen molar-refractivity contribution < 1.29 is 14.3 Å². The molecule has 156 valence electrons. The zero-order valence-electron chi connectivity index (χ0n) is 17.2. The van der Waals surface area contributed by atoms with Gasteiger partial charge in [0.05, 0.1) is 6.04 Å². The topological polar surface area (TPSA) is 49.9 Å². The molecule has 1 saturated heterocycles. The number of rotatable bonds is 2. The average Bonchev–Trinajstić information content (AvgIpc) is 2.74. The third kappa shape index (κ3) is 3.17. The third-order valence-corrected chi connectivity index (χ3v) is 6.18. The summed E-state index contributed by atoms with van der Waals surface area (Å²) in [6.07, 6.45) is 0.454. The van der Waals surface area contributed by atoms with Crippen LogP contribution in [-0.4, -0.2) is 22.6 Å². The number of fused-ring (bicyclic) bond motifs is 4. The summed E-state index contributed by atoms with van der Waals surface area (Å²) in [5, 5.41) is 0.447. The Morgan fingerprint density at radius 1 is 1.06 bits per heavy atom. The van der Waals surface area contributed by atoms with Gasteiger partial charge in [0.2, 0.25) is 0 Å². The fourth-order valence-corrected chi connectivity index (χ4v) is 4.66. The number of hydrogen-bond acceptors (Lipinski definition) is 3. The maximum absolute atomic E-state index is 13.9. The number of anilines is 1. The second-order valence-electron chi connectivity index (χ2n) is 8.17. The molecule has 1 fully saturated rings. The van der Waals surface area contributed by atoms with Crippen LogP contribution in [0.5, 0.6) is 5.75 Å². The molecule has 0 radical (unpaired) electrons. The van der Waals surface area contributed by atoms with Gasteiger partial charge in [-0.05, 0) is 50.2 Å². The summed E-state index contributed by atoms with van der Waals surface area (Å²) in [4.78, 5) is 30.4. The number of para-hydroxylation sites is 1. The molecule has 0 aromatic heterocycles. The molecule has 2 heterocycles. The monoisotopic (exact) mass is 432 g/mol. The molecule has 6 heteroatoms. The summed E-state index contributed by atoms with van der Waals surface area (Å²) in [5.74, 6) is 0.295. The molecule has 0 saturated carbocycles. The van der Waals surface area contributed by atoms with E-state index in [9.17, 15) is 9.59 Å². The number of aryl methyl sites for hydroxylation is 1. The van der Waals surface area contributed by atoms with E-state index in [0.717, 1.165) is 11.1 Å². The standard InChI is InChI=1S/C25H21ClN2O3/c1-16-10-12-19(13-11-16)28-24(30)27(23(29)17-6-5-7-18(26)14-17)21-15-25(28,2)31-22-9-4-3-8-20(21)22/h3-14,21H,15H2,1-2H3/t21-,25-/m0/s1. The van der Waals surface area contributed by atoms with Crippen LogP contribution in [0.1, 0.15) is 40.9 Å². The van der Waals surface area contributed by atoms with Crippen LogP contribution in [0.4, 0.5) is 10.5 Å². The highest BCUT2D eigenvalue weighted by Gasteiger charge is 2.55. The van der Waals surface area contributed by atoms with Crippen LogP contribution >= 0.6 is 11.6 Å². The summed E-state index contributed by atoms with van der Waals surface area (Å²) in [7, 11) is 0. The van der Waals surface area contributed by atoms with Gasteiger partial charge in [-0.1, -0.05) is 53.6 Å². The van der Waals surface area contributed by atoms with Crippen LogP contribution < -0.4 is 9.64 Å². The molecule has 3 aromatic carbocycles. The summed E-state index contributed by atoms with van der Waals surface area (Å²) in [5.41, 5.74) is 2.04. The van der Waals surface area contributed by atoms with Crippen molar-refractivity contribution in [2.45, 2.75) is 32.0 Å². The number of nitrogens with zero attached hydrogens (tertiary/aromatic N) is 2. The van der Waals surface area contributed by atoms with E-state index >= 15 is 0 Å². The first-order valence-corrected chi connectivity index (χ1v) is 10.5. The fraction of sp³-hybridized carbons (Fsp3) is 0.200. The van der Waals surface area contributed by atoms with E-state index in [-0.39, 0.29) is 5.91 Å². The normalized spacial score (nSPS) is 22.0. The molecule has 0 spiro atoms. The van der Waals surface area contributed by atoms with Gasteiger partial charge in [-0.15, -0.1) is 0 Å². The van der Waals surface area contributed by atoms with Gasteiger partial charge in [0, 0.05) is 28.3 Å². The van der Waals surface area contributed by atoms with Crippen molar-refractivity contribution in [3.05, 3.63) is 94.5 Å². The Morgan fingerprint density at radius 2 is 1.81 bits per heavy atom. The van der Waals surface area contributed by atoms with E-state index in [2.05, 4.69) is 0 Å². The number of imide groups is 1. The predicted molar refractivity (Wildman–Crippen MR) is 120 cm³/mol. The number of ether oxygens (including phenoxy) is 1. The Morgan fingerprint density at radius 3 is 2.55 bits per heavy atom. The first-order chi connectivity index (χ1) is 14.9. The molecule has 3 amide bonds. The highest BCUT2D eigenvalue weighted by atomic mass is 35.5. The van der Waals surface area contributed by atoms with Gasteiger partial charge in [-0.2, -0.15) is 0 Å². The lowest BCUT2D eigenvalue weighted by Crippen LogP contribution is -2.67. The van der Waals surface area contributed by atoms with Crippen molar-refractivity contribution in [2.75, 3.05) is 4.90 Å². The van der Waals surface area contributed by atoms with Crippen molar-refractivity contribution in [2.24, 2.45) is 0 Å². The first-order valence-electron chi connectivity index (χ1n) is 10.2. The van der Waals surface area contributed by atoms with Gasteiger partial charge in [0.1, 0.15) is 5.75 Å². The van der Waals surface area contributed by atoms with Gasteiger partial charge in [0.25, 0.3) is 5.91 Å². The molecular formula is C25H21ClN2O3. The fourth-order valence-electron chi connectivity index (χ4n) is 4.47. The van der Waals surface area contributed by atoms with E-state index in [1.54, 1.807) is 29.2 Å². The minimum atomic E-state index is -0.920. The highest BCUT2D eigenvalue weighted by molar-refractivity contribution is 6.31. The second-order valence-corrected chi connectivity index (χ2v) is 8.61. The summed E-state index contributed by atoms with van der Waals surface area (Å²) < 4.78 is 6.36. The lowest BCUT2D eigenvalue weighted by molar-refractivity contribution is 0.00268. The first kappa shape index (κ1) is 19.6. The van der Waals surface area contributed by atoms with Gasteiger partial charge in [-0.25, -0.2) is 4.79 Å². The molecule has 5 rings (SSSR count). The lowest BCUT2D eigenvalue weighted by atomic mass is 9.88. The van der Waals surface area contributed by atoms with Gasteiger partial charge in [-0.3, -0.25) is 14.6 Å². The predicted octanol–water partition coefficient (Wildman–Crippen LogP) is 5.97. The Bertz CT molecular complexity index is 1190. The van der Waals surface area contributed by atoms with Crippen molar-refractivity contribution >= 4 is 29.2 Å². The number of carbonyl (C=O) groups is 2. The third-order valence-electron chi connectivity index (χ3n) is 5.94. The smallest absolute Gasteiger partial charge is 0.335 e. The van der Waals surface area contributed by atoms with E-state index < -0.39 is 17.8 Å². The molecular weight excluding hydrogens is 412 g/mol. The average molecular weight is 433 g/mol. The molecule has 0 N–H and O–H groups in total. The van der Waals surface area contributed by atoms with Crippen molar-refractivity contribution in [3.63, 3.8) is 0 Å². The summed E-state index contributed by atoms with van der Waals surface area (Å²) in [6, 6.07) is 21.1. The minimum absolute atomic E-state index is 0.372. The molecule has 31 heavy (non-hydrogen) atoms. The lowest BCUT2D eigenvalue weighted by Gasteiger charge is -2.53. The van der Waals surface area contributed by atoms with Gasteiger partial charge >= 0.3 is 6.03 Å². The highest BCUT2D eigenvalue weighted by Crippen LogP contribution is 2.49. The molecule has 0 unspecified atom stereocenters. The van der Waals surface area contributed by atoms with Crippen LogP contribution in [0.2, 0.25) is 5.02 Å². The van der Waals surface area contributed by atoms with E-state index in [1.807, 2.05) is 62.4 Å². The van der Waals surface area contributed by atoms with Crippen LogP contribution in [0.3, 0.4) is 0 Å². The van der Waals surface area contributed by atoms with Crippen molar-refractivity contribution in [3.8, 4) is 5.75 Å².